The Morgan fingerprint density at radius 1 is 0.929 bits per heavy atom. The predicted octanol–water partition coefficient (Wildman–Crippen LogP) is 3.38. The minimum absolute atomic E-state index is 1.05. The van der Waals surface area contributed by atoms with E-state index in [0.29, 0.717) is 0 Å². The van der Waals surface area contributed by atoms with Gasteiger partial charge in [-0.05, 0) is 24.1 Å². The summed E-state index contributed by atoms with van der Waals surface area (Å²) in [5.74, 6) is 0. The molecule has 0 aliphatic carbocycles. The molecule has 0 unspecified atom stereocenters. The van der Waals surface area contributed by atoms with Crippen LogP contribution in [0.25, 0.3) is 0 Å². The molecule has 1 heterocycles. The third-order valence-corrected chi connectivity index (χ3v) is 2.00. The zero-order valence-electron chi connectivity index (χ0n) is 9.93. The first kappa shape index (κ1) is 13.2. The highest BCUT2D eigenvalue weighted by Gasteiger charge is 2.05. The van der Waals surface area contributed by atoms with Gasteiger partial charge in [-0.25, -0.2) is 0 Å². The van der Waals surface area contributed by atoms with Crippen LogP contribution in [-0.2, 0) is 13.0 Å². The van der Waals surface area contributed by atoms with Gasteiger partial charge in [0.05, 0.1) is 0 Å². The van der Waals surface area contributed by atoms with Crippen LogP contribution in [0.4, 0.5) is 0 Å². The van der Waals surface area contributed by atoms with Crippen LogP contribution in [0.5, 0.6) is 0 Å². The summed E-state index contributed by atoms with van der Waals surface area (Å²) in [4.78, 5) is 0. The summed E-state index contributed by atoms with van der Waals surface area (Å²) in [5, 5.41) is 3.34. The molecule has 80 valence electrons. The van der Waals surface area contributed by atoms with Crippen LogP contribution in [0, 0.1) is 0 Å². The lowest BCUT2D eigenvalue weighted by Gasteiger charge is -2.15. The summed E-state index contributed by atoms with van der Waals surface area (Å²) in [6.07, 6.45) is 1.19. The van der Waals surface area contributed by atoms with Gasteiger partial charge >= 0.3 is 0 Å². The van der Waals surface area contributed by atoms with E-state index >= 15 is 0 Å². The zero-order chi connectivity index (χ0) is 10.8. The van der Waals surface area contributed by atoms with Gasteiger partial charge in [0.2, 0.25) is 0 Å². The molecule has 0 aromatic heterocycles. The predicted molar refractivity (Wildman–Crippen MR) is 64.5 cm³/mol. The van der Waals surface area contributed by atoms with E-state index in [4.69, 9.17) is 0 Å². The average molecular weight is 193 g/mol. The van der Waals surface area contributed by atoms with Crippen molar-refractivity contribution in [1.29, 1.82) is 0 Å². The van der Waals surface area contributed by atoms with Crippen LogP contribution < -0.4 is 5.32 Å². The maximum Gasteiger partial charge on any atom is 0.0208 e. The van der Waals surface area contributed by atoms with Gasteiger partial charge in [-0.15, -0.1) is 0 Å². The molecule has 0 bridgehead atoms. The van der Waals surface area contributed by atoms with Gasteiger partial charge < -0.3 is 5.32 Å². The SMILES string of the molecule is CC.CC.c1ccc2c(c1)CCNC2. The van der Waals surface area contributed by atoms with Gasteiger partial charge in [0, 0.05) is 6.54 Å². The molecule has 1 aromatic carbocycles. The van der Waals surface area contributed by atoms with Crippen molar-refractivity contribution in [2.24, 2.45) is 0 Å². The molecule has 1 nitrogen and oxygen atoms in total. The molecule has 1 aliphatic rings. The van der Waals surface area contributed by atoms with Crippen LogP contribution in [0.1, 0.15) is 38.8 Å². The second-order valence-electron chi connectivity index (χ2n) is 2.70. The summed E-state index contributed by atoms with van der Waals surface area (Å²) >= 11 is 0. The van der Waals surface area contributed by atoms with Crippen LogP contribution in [-0.4, -0.2) is 6.54 Å². The Balaban J connectivity index is 0.000000379. The van der Waals surface area contributed by atoms with Gasteiger partial charge in [-0.3, -0.25) is 0 Å². The van der Waals surface area contributed by atoms with Crippen molar-refractivity contribution >= 4 is 0 Å². The van der Waals surface area contributed by atoms with Crippen molar-refractivity contribution < 1.29 is 0 Å². The smallest absolute Gasteiger partial charge is 0.0208 e. The fraction of sp³-hybridized carbons (Fsp3) is 0.538. The minimum Gasteiger partial charge on any atom is -0.312 e. The molecule has 2 rings (SSSR count). The Morgan fingerprint density at radius 3 is 2.07 bits per heavy atom. The van der Waals surface area contributed by atoms with Crippen LogP contribution in [0.15, 0.2) is 24.3 Å². The lowest BCUT2D eigenvalue weighted by atomic mass is 10.0. The fourth-order valence-electron chi connectivity index (χ4n) is 1.42. The van der Waals surface area contributed by atoms with Crippen molar-refractivity contribution in [1.82, 2.24) is 5.32 Å². The van der Waals surface area contributed by atoms with Gasteiger partial charge in [-0.2, -0.15) is 0 Å². The van der Waals surface area contributed by atoms with E-state index in [9.17, 15) is 0 Å². The first-order valence-corrected chi connectivity index (χ1v) is 5.74. The second kappa shape index (κ2) is 8.76. The lowest BCUT2D eigenvalue weighted by molar-refractivity contribution is 0.644. The molecule has 0 radical (unpaired) electrons. The number of rotatable bonds is 0. The molecule has 1 aliphatic heterocycles. The fourth-order valence-corrected chi connectivity index (χ4v) is 1.42. The molecule has 0 spiro atoms. The number of benzene rings is 1. The summed E-state index contributed by atoms with van der Waals surface area (Å²) < 4.78 is 0. The van der Waals surface area contributed by atoms with Crippen molar-refractivity contribution in [3.05, 3.63) is 35.4 Å². The van der Waals surface area contributed by atoms with E-state index in [2.05, 4.69) is 29.6 Å². The highest BCUT2D eigenvalue weighted by Crippen LogP contribution is 2.11. The summed E-state index contributed by atoms with van der Waals surface area (Å²) in [5.41, 5.74) is 2.98. The standard InChI is InChI=1S/C9H11N.2C2H6/c1-2-4-9-7-10-6-5-8(9)3-1;2*1-2/h1-4,10H,5-7H2;2*1-2H3. The van der Waals surface area contributed by atoms with E-state index in [1.165, 1.54) is 17.5 Å². The van der Waals surface area contributed by atoms with Crippen LogP contribution in [0.3, 0.4) is 0 Å². The molecular weight excluding hydrogens is 170 g/mol. The third kappa shape index (κ3) is 3.93. The highest BCUT2D eigenvalue weighted by molar-refractivity contribution is 5.28. The van der Waals surface area contributed by atoms with E-state index in [0.717, 1.165) is 13.1 Å². The molecule has 0 atom stereocenters. The molecule has 0 saturated carbocycles. The molecule has 1 aromatic rings. The van der Waals surface area contributed by atoms with Gasteiger partial charge in [-0.1, -0.05) is 52.0 Å². The van der Waals surface area contributed by atoms with Gasteiger partial charge in [0.1, 0.15) is 0 Å². The molecule has 0 saturated heterocycles. The normalized spacial score (nSPS) is 12.6. The number of hydrogen-bond donors (Lipinski definition) is 1. The maximum absolute atomic E-state index is 3.34. The second-order valence-corrected chi connectivity index (χ2v) is 2.70. The first-order chi connectivity index (χ1) is 6.97. The Kier molecular flexibility index (Phi) is 8.25. The van der Waals surface area contributed by atoms with Crippen molar-refractivity contribution in [2.75, 3.05) is 6.54 Å². The van der Waals surface area contributed by atoms with E-state index < -0.39 is 0 Å². The molecule has 0 amide bonds. The minimum atomic E-state index is 1.05. The van der Waals surface area contributed by atoms with Crippen LogP contribution in [0.2, 0.25) is 0 Å². The van der Waals surface area contributed by atoms with Crippen molar-refractivity contribution in [3.8, 4) is 0 Å². The van der Waals surface area contributed by atoms with Gasteiger partial charge in [0.25, 0.3) is 0 Å². The quantitative estimate of drug-likeness (QED) is 0.666. The Hall–Kier alpha value is -0.820. The number of hydrogen-bond acceptors (Lipinski definition) is 1. The molecule has 0 fully saturated rings. The number of fused-ring (bicyclic) bond motifs is 1. The average Bonchev–Trinajstić information content (AvgIpc) is 2.34. The van der Waals surface area contributed by atoms with Gasteiger partial charge in [0.15, 0.2) is 0 Å². The largest absolute Gasteiger partial charge is 0.312 e. The molecule has 1 N–H and O–H groups in total. The van der Waals surface area contributed by atoms with Crippen LogP contribution >= 0.6 is 0 Å². The maximum atomic E-state index is 3.34. The first-order valence-electron chi connectivity index (χ1n) is 5.74. The third-order valence-electron chi connectivity index (χ3n) is 2.00. The highest BCUT2D eigenvalue weighted by atomic mass is 14.9. The van der Waals surface area contributed by atoms with E-state index in [1.54, 1.807) is 0 Å². The topological polar surface area (TPSA) is 12.0 Å². The molecule has 1 heteroatoms. The summed E-state index contributed by atoms with van der Waals surface area (Å²) in [6.45, 7) is 10.2. The monoisotopic (exact) mass is 193 g/mol. The lowest BCUT2D eigenvalue weighted by Crippen LogP contribution is -2.23. The van der Waals surface area contributed by atoms with Crippen molar-refractivity contribution in [2.45, 2.75) is 40.7 Å². The van der Waals surface area contributed by atoms with E-state index in [-0.39, 0.29) is 0 Å². The zero-order valence-corrected chi connectivity index (χ0v) is 9.93. The van der Waals surface area contributed by atoms with E-state index in [1.807, 2.05) is 27.7 Å². The Bertz CT molecular complexity index is 205. The number of nitrogens with one attached hydrogen (secondary N) is 1. The Labute approximate surface area is 88.5 Å². The molecule has 14 heavy (non-hydrogen) atoms. The summed E-state index contributed by atoms with van der Waals surface area (Å²) in [6, 6.07) is 8.63. The van der Waals surface area contributed by atoms with Crippen molar-refractivity contribution in [3.63, 3.8) is 0 Å². The molecular formula is C13H23N. The summed E-state index contributed by atoms with van der Waals surface area (Å²) in [7, 11) is 0. The Morgan fingerprint density at radius 2 is 1.50 bits per heavy atom.